The summed E-state index contributed by atoms with van der Waals surface area (Å²) in [5.41, 5.74) is 0.605. The van der Waals surface area contributed by atoms with Gasteiger partial charge >= 0.3 is 5.97 Å². The van der Waals surface area contributed by atoms with E-state index in [1.54, 1.807) is 6.92 Å². The molecule has 7 heteroatoms. The van der Waals surface area contributed by atoms with Gasteiger partial charge in [-0.3, -0.25) is 14.9 Å². The Kier molecular flexibility index (Phi) is 4.38. The average Bonchev–Trinajstić information content (AvgIpc) is 2.25. The maximum absolute atomic E-state index is 10.5. The molecule has 2 N–H and O–H groups in total. The highest BCUT2D eigenvalue weighted by molar-refractivity contribution is 5.66. The Balaban J connectivity index is 2.54. The fraction of sp³-hybridized carbons (Fsp3) is 0.400. The number of anilines is 1. The van der Waals surface area contributed by atoms with Gasteiger partial charge in [0.1, 0.15) is 12.0 Å². The zero-order valence-corrected chi connectivity index (χ0v) is 9.34. The van der Waals surface area contributed by atoms with Crippen LogP contribution in [0.25, 0.3) is 0 Å². The first kappa shape index (κ1) is 12.9. The van der Waals surface area contributed by atoms with Gasteiger partial charge in [0.25, 0.3) is 5.69 Å². The molecule has 0 atom stereocenters. The lowest BCUT2D eigenvalue weighted by atomic mass is 10.2. The molecular weight excluding hydrogens is 226 g/mol. The number of nitrogens with zero attached hydrogens (tertiary/aromatic N) is 2. The van der Waals surface area contributed by atoms with Crippen LogP contribution in [0.2, 0.25) is 0 Å². The molecule has 0 aliphatic heterocycles. The van der Waals surface area contributed by atoms with Crippen molar-refractivity contribution in [3.05, 3.63) is 27.9 Å². The second-order valence-electron chi connectivity index (χ2n) is 3.54. The number of pyridine rings is 1. The first-order valence-corrected chi connectivity index (χ1v) is 5.07. The van der Waals surface area contributed by atoms with Gasteiger partial charge in [-0.05, 0) is 18.9 Å². The predicted molar refractivity (Wildman–Crippen MR) is 61.0 cm³/mol. The zero-order chi connectivity index (χ0) is 12.8. The van der Waals surface area contributed by atoms with Gasteiger partial charge in [0.2, 0.25) is 0 Å². The van der Waals surface area contributed by atoms with Crippen LogP contribution < -0.4 is 5.32 Å². The molecule has 1 heterocycles. The summed E-state index contributed by atoms with van der Waals surface area (Å²) in [6.07, 6.45) is 1.74. The first-order valence-electron chi connectivity index (χ1n) is 5.07. The van der Waals surface area contributed by atoms with E-state index in [0.29, 0.717) is 24.3 Å². The number of hydrogen-bond donors (Lipinski definition) is 2. The number of carboxylic acids is 1. The number of aryl methyl sites for hydroxylation is 1. The van der Waals surface area contributed by atoms with Crippen LogP contribution in [0.4, 0.5) is 11.5 Å². The number of aromatic nitrogens is 1. The van der Waals surface area contributed by atoms with Crippen molar-refractivity contribution in [2.75, 3.05) is 11.9 Å². The standard InChI is InChI=1S/C10H13N3O4/c1-7-5-8(13(16)17)6-12-10(7)11-4-2-3-9(14)15/h5-6H,2-4H2,1H3,(H,11,12)(H,14,15). The first-order chi connectivity index (χ1) is 8.00. The summed E-state index contributed by atoms with van der Waals surface area (Å²) in [4.78, 5) is 24.2. The molecule has 0 bridgehead atoms. The highest BCUT2D eigenvalue weighted by Gasteiger charge is 2.08. The van der Waals surface area contributed by atoms with Crippen LogP contribution in [-0.2, 0) is 4.79 Å². The number of nitro groups is 1. The lowest BCUT2D eigenvalue weighted by Crippen LogP contribution is -2.07. The number of nitrogens with one attached hydrogen (secondary N) is 1. The van der Waals surface area contributed by atoms with Gasteiger partial charge in [0.05, 0.1) is 4.92 Å². The Morgan fingerprint density at radius 2 is 2.35 bits per heavy atom. The minimum atomic E-state index is -0.847. The number of carbonyl (C=O) groups is 1. The van der Waals surface area contributed by atoms with E-state index in [4.69, 9.17) is 5.11 Å². The van der Waals surface area contributed by atoms with Crippen LogP contribution in [-0.4, -0.2) is 27.5 Å². The van der Waals surface area contributed by atoms with Crippen molar-refractivity contribution in [2.45, 2.75) is 19.8 Å². The van der Waals surface area contributed by atoms with Crippen molar-refractivity contribution in [3.8, 4) is 0 Å². The third-order valence-electron chi connectivity index (χ3n) is 2.13. The Morgan fingerprint density at radius 3 is 2.88 bits per heavy atom. The molecule has 7 nitrogen and oxygen atoms in total. The van der Waals surface area contributed by atoms with Crippen LogP contribution in [0, 0.1) is 17.0 Å². The lowest BCUT2D eigenvalue weighted by molar-refractivity contribution is -0.385. The van der Waals surface area contributed by atoms with E-state index in [9.17, 15) is 14.9 Å². The third kappa shape index (κ3) is 4.06. The minimum absolute atomic E-state index is 0.0569. The molecule has 17 heavy (non-hydrogen) atoms. The van der Waals surface area contributed by atoms with Crippen molar-refractivity contribution in [2.24, 2.45) is 0 Å². The quantitative estimate of drug-likeness (QED) is 0.443. The summed E-state index contributed by atoms with van der Waals surface area (Å²) in [7, 11) is 0. The fourth-order valence-corrected chi connectivity index (χ4v) is 1.29. The van der Waals surface area contributed by atoms with Crippen molar-refractivity contribution in [1.29, 1.82) is 0 Å². The molecule has 0 saturated heterocycles. The Bertz CT molecular complexity index is 434. The summed E-state index contributed by atoms with van der Waals surface area (Å²) in [5.74, 6) is -0.304. The summed E-state index contributed by atoms with van der Waals surface area (Å²) >= 11 is 0. The zero-order valence-electron chi connectivity index (χ0n) is 9.34. The third-order valence-corrected chi connectivity index (χ3v) is 2.13. The molecular formula is C10H13N3O4. The second-order valence-corrected chi connectivity index (χ2v) is 3.54. The molecule has 1 aromatic rings. The Hall–Kier alpha value is -2.18. The number of hydrogen-bond acceptors (Lipinski definition) is 5. The summed E-state index contributed by atoms with van der Waals surface area (Å²) in [6, 6.07) is 1.42. The van der Waals surface area contributed by atoms with Crippen molar-refractivity contribution in [3.63, 3.8) is 0 Å². The molecule has 0 amide bonds. The topological polar surface area (TPSA) is 105 Å². The predicted octanol–water partition coefficient (Wildman–Crippen LogP) is 1.57. The SMILES string of the molecule is Cc1cc([N+](=O)[O-])cnc1NCCCC(=O)O. The van der Waals surface area contributed by atoms with Crippen LogP contribution in [0.3, 0.4) is 0 Å². The Morgan fingerprint density at radius 1 is 1.65 bits per heavy atom. The van der Waals surface area contributed by atoms with E-state index in [1.807, 2.05) is 0 Å². The second kappa shape index (κ2) is 5.78. The maximum Gasteiger partial charge on any atom is 0.303 e. The normalized spacial score (nSPS) is 9.94. The molecule has 1 aromatic heterocycles. The summed E-state index contributed by atoms with van der Waals surface area (Å²) < 4.78 is 0. The minimum Gasteiger partial charge on any atom is -0.481 e. The van der Waals surface area contributed by atoms with E-state index in [-0.39, 0.29) is 12.1 Å². The number of carboxylic acid groups (broad SMARTS) is 1. The monoisotopic (exact) mass is 239 g/mol. The summed E-state index contributed by atoms with van der Waals surface area (Å²) in [6.45, 7) is 2.18. The highest BCUT2D eigenvalue weighted by atomic mass is 16.6. The van der Waals surface area contributed by atoms with Gasteiger partial charge in [-0.15, -0.1) is 0 Å². The van der Waals surface area contributed by atoms with Crippen molar-refractivity contribution >= 4 is 17.5 Å². The van der Waals surface area contributed by atoms with Crippen LogP contribution in [0.5, 0.6) is 0 Å². The number of aliphatic carboxylic acids is 1. The van der Waals surface area contributed by atoms with Gasteiger partial charge in [-0.2, -0.15) is 0 Å². The van der Waals surface area contributed by atoms with E-state index < -0.39 is 10.9 Å². The van der Waals surface area contributed by atoms with Gasteiger partial charge < -0.3 is 10.4 Å². The molecule has 0 aliphatic rings. The Labute approximate surface area is 97.6 Å². The summed E-state index contributed by atoms with van der Waals surface area (Å²) in [5, 5.41) is 21.9. The molecule has 0 spiro atoms. The molecule has 1 rings (SSSR count). The molecule has 0 radical (unpaired) electrons. The van der Waals surface area contributed by atoms with Gasteiger partial charge in [0.15, 0.2) is 0 Å². The molecule has 0 aromatic carbocycles. The van der Waals surface area contributed by atoms with Gasteiger partial charge in [-0.25, -0.2) is 4.98 Å². The highest BCUT2D eigenvalue weighted by Crippen LogP contribution is 2.17. The van der Waals surface area contributed by atoms with E-state index >= 15 is 0 Å². The van der Waals surface area contributed by atoms with Crippen molar-refractivity contribution in [1.82, 2.24) is 4.98 Å². The average molecular weight is 239 g/mol. The van der Waals surface area contributed by atoms with Gasteiger partial charge in [0, 0.05) is 19.0 Å². The largest absolute Gasteiger partial charge is 0.481 e. The maximum atomic E-state index is 10.5. The smallest absolute Gasteiger partial charge is 0.303 e. The van der Waals surface area contributed by atoms with Crippen molar-refractivity contribution < 1.29 is 14.8 Å². The fourth-order valence-electron chi connectivity index (χ4n) is 1.29. The van der Waals surface area contributed by atoms with Crippen LogP contribution >= 0.6 is 0 Å². The molecule has 0 fully saturated rings. The van der Waals surface area contributed by atoms with Crippen LogP contribution in [0.1, 0.15) is 18.4 Å². The lowest BCUT2D eigenvalue weighted by Gasteiger charge is -2.06. The molecule has 92 valence electrons. The molecule has 0 unspecified atom stereocenters. The number of rotatable bonds is 6. The van der Waals surface area contributed by atoms with E-state index in [1.165, 1.54) is 12.3 Å². The van der Waals surface area contributed by atoms with Gasteiger partial charge in [-0.1, -0.05) is 0 Å². The van der Waals surface area contributed by atoms with Crippen LogP contribution in [0.15, 0.2) is 12.3 Å². The van der Waals surface area contributed by atoms with E-state index in [0.717, 1.165) is 0 Å². The molecule has 0 aliphatic carbocycles. The molecule has 0 saturated carbocycles. The van der Waals surface area contributed by atoms with E-state index in [2.05, 4.69) is 10.3 Å².